The number of benzene rings is 1. The van der Waals surface area contributed by atoms with E-state index in [-0.39, 0.29) is 24.6 Å². The Kier molecular flexibility index (Phi) is 13.9. The Bertz CT molecular complexity index is 2330. The topological polar surface area (TPSA) is 88.9 Å². The van der Waals surface area contributed by atoms with Crippen LogP contribution >= 0.6 is 11.8 Å². The zero-order valence-corrected chi connectivity index (χ0v) is 36.6. The first kappa shape index (κ1) is 40.3. The molecule has 0 saturated heterocycles. The third-order valence-corrected chi connectivity index (χ3v) is 11.1. The van der Waals surface area contributed by atoms with Crippen LogP contribution in [0.4, 0.5) is 0 Å². The molecule has 278 valence electrons. The first-order valence-corrected chi connectivity index (χ1v) is 20.5. The van der Waals surface area contributed by atoms with Crippen molar-refractivity contribution in [3.8, 4) is 22.5 Å². The van der Waals surface area contributed by atoms with Gasteiger partial charge in [0.25, 0.3) is 0 Å². The van der Waals surface area contributed by atoms with E-state index in [2.05, 4.69) is 74.5 Å². The maximum atomic E-state index is 11.9. The van der Waals surface area contributed by atoms with Crippen LogP contribution in [0.2, 0.25) is 0 Å². The number of nitrogens with zero attached hydrogens (tertiary/aromatic N) is 6. The predicted molar refractivity (Wildman–Crippen MR) is 226 cm³/mol. The third kappa shape index (κ3) is 9.39. The molecule has 2 aliphatic rings. The van der Waals surface area contributed by atoms with E-state index in [9.17, 15) is 4.79 Å². The zero-order chi connectivity index (χ0) is 37.4. The SMILES string of the molecule is CCCCCCCc1c2nc(c(-c3nccn3C)c3ccc([n-]3)c(CCCCCCC)c3nc(c(-c4ccc(SC(C)=O)cc4)c4ccc1[n-]4)C=C3)C=C2.[Zn+2]. The summed E-state index contributed by atoms with van der Waals surface area (Å²) in [6.07, 6.45) is 26.0. The van der Waals surface area contributed by atoms with Crippen LogP contribution < -0.4 is 9.97 Å². The molecule has 55 heavy (non-hydrogen) atoms. The van der Waals surface area contributed by atoms with E-state index < -0.39 is 0 Å². The number of unbranched alkanes of at least 4 members (excludes halogenated alkanes) is 8. The summed E-state index contributed by atoms with van der Waals surface area (Å²) >= 11 is 1.25. The number of aryl methyl sites for hydroxylation is 3. The Morgan fingerprint density at radius 3 is 1.64 bits per heavy atom. The fourth-order valence-electron chi connectivity index (χ4n) is 7.51. The number of hydrogen-bond donors (Lipinski definition) is 0. The monoisotopic (exact) mass is 798 g/mol. The van der Waals surface area contributed by atoms with Gasteiger partial charge in [-0.1, -0.05) is 113 Å². The fourth-order valence-corrected chi connectivity index (χ4v) is 8.12. The number of fused-ring (bicyclic) bond motifs is 8. The van der Waals surface area contributed by atoms with Crippen LogP contribution in [0.25, 0.3) is 68.9 Å². The van der Waals surface area contributed by atoms with Gasteiger partial charge in [-0.2, -0.15) is 0 Å². The molecule has 0 unspecified atom stereocenters. The van der Waals surface area contributed by atoms with Crippen LogP contribution in [-0.4, -0.2) is 24.6 Å². The van der Waals surface area contributed by atoms with E-state index in [0.717, 1.165) is 109 Å². The molecule has 0 atom stereocenters. The van der Waals surface area contributed by atoms with Crippen LogP contribution in [-0.2, 0) is 44.2 Å². The van der Waals surface area contributed by atoms with Crippen LogP contribution in [0.5, 0.6) is 0 Å². The molecular weight excluding hydrogens is 750 g/mol. The fraction of sp³-hybridized carbons (Fsp3) is 0.348. The molecule has 1 aromatic carbocycles. The van der Waals surface area contributed by atoms with E-state index in [1.54, 1.807) is 6.92 Å². The Morgan fingerprint density at radius 2 is 1.13 bits per heavy atom. The van der Waals surface area contributed by atoms with Crippen molar-refractivity contribution in [2.24, 2.45) is 7.05 Å². The van der Waals surface area contributed by atoms with Crippen LogP contribution in [0, 0.1) is 0 Å². The van der Waals surface area contributed by atoms with Gasteiger partial charge in [-0.25, -0.2) is 15.0 Å². The third-order valence-electron chi connectivity index (χ3n) is 10.3. The summed E-state index contributed by atoms with van der Waals surface area (Å²) in [7, 11) is 2.03. The summed E-state index contributed by atoms with van der Waals surface area (Å²) in [5, 5.41) is 0.0681. The Balaban J connectivity index is 0.00000514. The van der Waals surface area contributed by atoms with Gasteiger partial charge in [-0.3, -0.25) is 4.79 Å². The Hall–Kier alpha value is -4.33. The minimum absolute atomic E-state index is 0. The van der Waals surface area contributed by atoms with Gasteiger partial charge in [-0.15, -0.1) is 22.1 Å². The largest absolute Gasteiger partial charge is 2.00 e. The molecule has 2 aliphatic heterocycles. The summed E-state index contributed by atoms with van der Waals surface area (Å²) in [4.78, 5) is 39.0. The molecule has 0 saturated carbocycles. The second-order valence-corrected chi connectivity index (χ2v) is 15.6. The van der Waals surface area contributed by atoms with Gasteiger partial charge in [0, 0.05) is 36.8 Å². The van der Waals surface area contributed by atoms with Crippen molar-refractivity contribution >= 4 is 63.2 Å². The minimum atomic E-state index is 0. The Morgan fingerprint density at radius 1 is 0.636 bits per heavy atom. The molecule has 0 radical (unpaired) electrons. The first-order valence-electron chi connectivity index (χ1n) is 19.7. The van der Waals surface area contributed by atoms with Gasteiger partial charge in [0.2, 0.25) is 0 Å². The summed E-state index contributed by atoms with van der Waals surface area (Å²) in [5.41, 5.74) is 12.4. The van der Waals surface area contributed by atoms with Crippen molar-refractivity contribution in [2.45, 2.75) is 103 Å². The van der Waals surface area contributed by atoms with Crippen molar-refractivity contribution < 1.29 is 24.3 Å². The van der Waals surface area contributed by atoms with Crippen molar-refractivity contribution in [1.29, 1.82) is 0 Å². The molecule has 0 N–H and O–H groups in total. The van der Waals surface area contributed by atoms with Gasteiger partial charge in [-0.05, 0) is 84.4 Å². The number of carbonyl (C=O) groups excluding carboxylic acids is 1. The molecule has 6 heterocycles. The van der Waals surface area contributed by atoms with Gasteiger partial charge < -0.3 is 14.5 Å². The molecule has 9 heteroatoms. The number of hydrogen-bond acceptors (Lipinski definition) is 5. The minimum Gasteiger partial charge on any atom is -0.657 e. The first-order chi connectivity index (χ1) is 26.4. The Labute approximate surface area is 342 Å². The number of imidazole rings is 1. The van der Waals surface area contributed by atoms with Gasteiger partial charge in [0.1, 0.15) is 5.82 Å². The second-order valence-electron chi connectivity index (χ2n) is 14.4. The standard InChI is InChI=1S/C46H50N6OS.Zn/c1-5-7-9-11-13-15-34-36-21-25-40(48-36)44(32-17-19-33(20-18-32)54-31(3)53)41-26-22-37(49-41)35(16-14-12-10-8-6-2)39-24-28-43(51-39)45(42-27-23-38(34)50-42)46-47-29-30-52(46)4;/h17-30H,5-16H2,1-4H3;/q-2;+2. The van der Waals surface area contributed by atoms with Gasteiger partial charge in [0.15, 0.2) is 5.12 Å². The van der Waals surface area contributed by atoms with Crippen LogP contribution in [0.15, 0.2) is 65.8 Å². The van der Waals surface area contributed by atoms with E-state index in [4.69, 9.17) is 24.9 Å². The molecule has 8 bridgehead atoms. The maximum absolute atomic E-state index is 11.9. The van der Waals surface area contributed by atoms with E-state index in [0.29, 0.717) is 0 Å². The number of carbonyl (C=O) groups is 1. The van der Waals surface area contributed by atoms with Crippen LogP contribution in [0.1, 0.15) is 119 Å². The van der Waals surface area contributed by atoms with Crippen molar-refractivity contribution in [1.82, 2.24) is 29.5 Å². The maximum Gasteiger partial charge on any atom is 2.00 e. The van der Waals surface area contributed by atoms with Crippen molar-refractivity contribution in [3.63, 3.8) is 0 Å². The molecular formula is C46H50N6OSZn. The molecule has 0 fully saturated rings. The van der Waals surface area contributed by atoms with E-state index >= 15 is 0 Å². The molecule has 5 aromatic rings. The smallest absolute Gasteiger partial charge is 0.657 e. The number of aromatic nitrogens is 6. The summed E-state index contributed by atoms with van der Waals surface area (Å²) < 4.78 is 2.05. The molecule has 0 aliphatic carbocycles. The molecule has 7 rings (SSSR count). The zero-order valence-electron chi connectivity index (χ0n) is 32.8. The normalized spacial score (nSPS) is 12.0. The predicted octanol–water partition coefficient (Wildman–Crippen LogP) is 11.6. The van der Waals surface area contributed by atoms with E-state index in [1.165, 1.54) is 63.1 Å². The van der Waals surface area contributed by atoms with E-state index in [1.807, 2.05) is 36.1 Å². The molecule has 0 amide bonds. The molecule has 0 spiro atoms. The summed E-state index contributed by atoms with van der Waals surface area (Å²) in [6, 6.07) is 16.7. The summed E-state index contributed by atoms with van der Waals surface area (Å²) in [5.74, 6) is 0.835. The second kappa shape index (κ2) is 19.0. The quantitative estimate of drug-likeness (QED) is 0.0579. The van der Waals surface area contributed by atoms with Crippen molar-refractivity contribution in [2.75, 3.05) is 0 Å². The molecule has 4 aromatic heterocycles. The van der Waals surface area contributed by atoms with Gasteiger partial charge in [0.05, 0.1) is 22.8 Å². The average molecular weight is 800 g/mol. The van der Waals surface area contributed by atoms with Crippen LogP contribution in [0.3, 0.4) is 0 Å². The number of thioether (sulfide) groups is 1. The van der Waals surface area contributed by atoms with Gasteiger partial charge >= 0.3 is 19.5 Å². The van der Waals surface area contributed by atoms with Crippen molar-refractivity contribution in [3.05, 3.63) is 94.8 Å². The number of rotatable bonds is 15. The molecule has 7 nitrogen and oxygen atoms in total. The summed E-state index contributed by atoms with van der Waals surface area (Å²) in [6.45, 7) is 6.11. The average Bonchev–Trinajstić information content (AvgIpc) is 4.02.